The van der Waals surface area contributed by atoms with Gasteiger partial charge >= 0.3 is 0 Å². The molecule has 170 valence electrons. The number of aliphatic hydroxyl groups excluding tert-OH is 1. The lowest BCUT2D eigenvalue weighted by molar-refractivity contribution is 0.0583. The minimum Gasteiger partial charge on any atom is -0.492 e. The highest BCUT2D eigenvalue weighted by atomic mass is 19.1. The summed E-state index contributed by atoms with van der Waals surface area (Å²) in [5.74, 6) is -0.745. The van der Waals surface area contributed by atoms with Crippen molar-refractivity contribution in [2.75, 3.05) is 44.7 Å². The van der Waals surface area contributed by atoms with Crippen LogP contribution in [0.3, 0.4) is 0 Å². The van der Waals surface area contributed by atoms with Crippen molar-refractivity contribution in [3.63, 3.8) is 0 Å². The van der Waals surface area contributed by atoms with Gasteiger partial charge in [-0.25, -0.2) is 4.39 Å². The van der Waals surface area contributed by atoms with Crippen molar-refractivity contribution < 1.29 is 23.8 Å². The van der Waals surface area contributed by atoms with E-state index < -0.39 is 6.10 Å². The quantitative estimate of drug-likeness (QED) is 0.666. The average molecular weight is 442 g/mol. The normalized spacial score (nSPS) is 19.9. The Hall–Kier alpha value is -2.97. The van der Waals surface area contributed by atoms with E-state index in [1.807, 2.05) is 6.07 Å². The third-order valence-corrected chi connectivity index (χ3v) is 6.20. The van der Waals surface area contributed by atoms with E-state index in [4.69, 9.17) is 4.74 Å². The fraction of sp³-hybridized carbons (Fsp3) is 0.417. The van der Waals surface area contributed by atoms with E-state index in [-0.39, 0.29) is 36.0 Å². The molecule has 2 heterocycles. The number of methoxy groups -OCH3 is 1. The second kappa shape index (κ2) is 9.26. The maximum Gasteiger partial charge on any atom is 0.261 e. The highest BCUT2D eigenvalue weighted by molar-refractivity contribution is 6.21. The Labute approximate surface area is 187 Å². The molecule has 2 amide bonds. The SMILES string of the molecule is COc1c(F)cccc1N1CCN(C[C@H](O)CCN2C(=O)c3ccccc3C2=O)CC1C. The van der Waals surface area contributed by atoms with Gasteiger partial charge in [0.25, 0.3) is 11.8 Å². The Morgan fingerprint density at radius 2 is 1.78 bits per heavy atom. The summed E-state index contributed by atoms with van der Waals surface area (Å²) in [6, 6.07) is 11.8. The van der Waals surface area contributed by atoms with Crippen LogP contribution in [0.1, 0.15) is 34.1 Å². The van der Waals surface area contributed by atoms with Crippen molar-refractivity contribution in [2.24, 2.45) is 0 Å². The molecule has 32 heavy (non-hydrogen) atoms. The van der Waals surface area contributed by atoms with E-state index in [2.05, 4.69) is 16.7 Å². The number of β-amino-alcohol motifs (C(OH)–C–C–N with tert-alkyl or cyclic N) is 1. The molecule has 0 spiro atoms. The van der Waals surface area contributed by atoms with Gasteiger partial charge in [-0.15, -0.1) is 0 Å². The number of piperazine rings is 1. The first kappa shape index (κ1) is 22.2. The van der Waals surface area contributed by atoms with Crippen LogP contribution in [0.25, 0.3) is 0 Å². The summed E-state index contributed by atoms with van der Waals surface area (Å²) in [5.41, 5.74) is 1.57. The van der Waals surface area contributed by atoms with E-state index in [9.17, 15) is 19.1 Å². The van der Waals surface area contributed by atoms with Crippen molar-refractivity contribution in [3.8, 4) is 5.75 Å². The van der Waals surface area contributed by atoms with E-state index in [1.54, 1.807) is 30.3 Å². The van der Waals surface area contributed by atoms with E-state index >= 15 is 0 Å². The molecule has 4 rings (SSSR count). The number of para-hydroxylation sites is 1. The van der Waals surface area contributed by atoms with Gasteiger partial charge in [0.15, 0.2) is 11.6 Å². The summed E-state index contributed by atoms with van der Waals surface area (Å²) < 4.78 is 19.3. The van der Waals surface area contributed by atoms with Crippen LogP contribution in [0.2, 0.25) is 0 Å². The summed E-state index contributed by atoms with van der Waals surface area (Å²) in [6.07, 6.45) is -0.348. The van der Waals surface area contributed by atoms with Crippen molar-refractivity contribution in [3.05, 3.63) is 59.4 Å². The molecule has 1 N–H and O–H groups in total. The van der Waals surface area contributed by atoms with Crippen LogP contribution in [-0.4, -0.2) is 78.7 Å². The molecule has 0 bridgehead atoms. The number of nitrogens with zero attached hydrogens (tertiary/aromatic N) is 3. The maximum atomic E-state index is 14.1. The van der Waals surface area contributed by atoms with Gasteiger partial charge in [-0.2, -0.15) is 0 Å². The Morgan fingerprint density at radius 3 is 2.41 bits per heavy atom. The Bertz CT molecular complexity index is 979. The van der Waals surface area contributed by atoms with Gasteiger partial charge in [-0.1, -0.05) is 18.2 Å². The number of rotatable bonds is 7. The van der Waals surface area contributed by atoms with Gasteiger partial charge in [0.05, 0.1) is 30.0 Å². The number of carbonyl (C=O) groups is 2. The van der Waals surface area contributed by atoms with Crippen LogP contribution in [0, 0.1) is 5.82 Å². The van der Waals surface area contributed by atoms with Crippen molar-refractivity contribution in [2.45, 2.75) is 25.5 Å². The lowest BCUT2D eigenvalue weighted by Crippen LogP contribution is -2.53. The van der Waals surface area contributed by atoms with Crippen molar-refractivity contribution in [1.29, 1.82) is 0 Å². The first-order valence-electron chi connectivity index (χ1n) is 10.9. The molecule has 2 aromatic carbocycles. The first-order valence-corrected chi connectivity index (χ1v) is 10.9. The second-order valence-corrected chi connectivity index (χ2v) is 8.34. The molecule has 2 aliphatic heterocycles. The summed E-state index contributed by atoms with van der Waals surface area (Å²) in [7, 11) is 1.47. The summed E-state index contributed by atoms with van der Waals surface area (Å²) >= 11 is 0. The Balaban J connectivity index is 1.30. The fourth-order valence-corrected chi connectivity index (χ4v) is 4.59. The van der Waals surface area contributed by atoms with Crippen LogP contribution in [-0.2, 0) is 0 Å². The molecule has 0 saturated carbocycles. The number of hydrogen-bond donors (Lipinski definition) is 1. The lowest BCUT2D eigenvalue weighted by atomic mass is 10.1. The van der Waals surface area contributed by atoms with Crippen LogP contribution < -0.4 is 9.64 Å². The Kier molecular flexibility index (Phi) is 6.43. The van der Waals surface area contributed by atoms with Gasteiger partial charge < -0.3 is 14.7 Å². The predicted molar refractivity (Wildman–Crippen MR) is 119 cm³/mol. The van der Waals surface area contributed by atoms with E-state index in [1.165, 1.54) is 18.1 Å². The minimum atomic E-state index is -0.665. The maximum absolute atomic E-state index is 14.1. The Morgan fingerprint density at radius 1 is 1.09 bits per heavy atom. The molecule has 1 saturated heterocycles. The number of hydrogen-bond acceptors (Lipinski definition) is 6. The molecule has 0 aromatic heterocycles. The van der Waals surface area contributed by atoms with Gasteiger partial charge in [0.2, 0.25) is 0 Å². The van der Waals surface area contributed by atoms with E-state index in [0.717, 1.165) is 5.69 Å². The van der Waals surface area contributed by atoms with Crippen LogP contribution in [0.15, 0.2) is 42.5 Å². The van der Waals surface area contributed by atoms with E-state index in [0.29, 0.717) is 43.7 Å². The number of anilines is 1. The number of halogens is 1. The van der Waals surface area contributed by atoms with Crippen LogP contribution in [0.4, 0.5) is 10.1 Å². The molecule has 2 aliphatic rings. The molecule has 0 radical (unpaired) electrons. The molecule has 2 aromatic rings. The fourth-order valence-electron chi connectivity index (χ4n) is 4.59. The number of benzene rings is 2. The highest BCUT2D eigenvalue weighted by Crippen LogP contribution is 2.33. The topological polar surface area (TPSA) is 73.3 Å². The lowest BCUT2D eigenvalue weighted by Gasteiger charge is -2.42. The van der Waals surface area contributed by atoms with Crippen LogP contribution >= 0.6 is 0 Å². The number of fused-ring (bicyclic) bond motifs is 1. The van der Waals surface area contributed by atoms with Gasteiger partial charge in [0.1, 0.15) is 0 Å². The molecule has 8 heteroatoms. The number of amides is 2. The number of ether oxygens (including phenoxy) is 1. The summed E-state index contributed by atoms with van der Waals surface area (Å²) in [4.78, 5) is 30.4. The smallest absolute Gasteiger partial charge is 0.261 e. The molecule has 0 aliphatic carbocycles. The van der Waals surface area contributed by atoms with Gasteiger partial charge in [-0.3, -0.25) is 19.4 Å². The molecule has 2 atom stereocenters. The van der Waals surface area contributed by atoms with Gasteiger partial charge in [0, 0.05) is 38.8 Å². The summed E-state index contributed by atoms with van der Waals surface area (Å²) in [5, 5.41) is 10.6. The highest BCUT2D eigenvalue weighted by Gasteiger charge is 2.35. The number of imide groups is 1. The standard InChI is InChI=1S/C24H28FN3O4/c1-16-14-26(12-13-27(16)21-9-5-8-20(25)22(21)32-2)15-17(29)10-11-28-23(30)18-6-3-4-7-19(18)24(28)31/h3-9,16-17,29H,10-15H2,1-2H3/t16?,17-/m1/s1. The zero-order valence-corrected chi connectivity index (χ0v) is 18.3. The number of aliphatic hydroxyl groups is 1. The van der Waals surface area contributed by atoms with Crippen LogP contribution in [0.5, 0.6) is 5.75 Å². The number of carbonyl (C=O) groups excluding carboxylic acids is 2. The monoisotopic (exact) mass is 441 g/mol. The first-order chi connectivity index (χ1) is 15.4. The van der Waals surface area contributed by atoms with Crippen molar-refractivity contribution >= 4 is 17.5 Å². The predicted octanol–water partition coefficient (Wildman–Crippen LogP) is 2.39. The zero-order chi connectivity index (χ0) is 22.8. The minimum absolute atomic E-state index is 0.0999. The zero-order valence-electron chi connectivity index (χ0n) is 18.3. The molecule has 7 nitrogen and oxygen atoms in total. The average Bonchev–Trinajstić information content (AvgIpc) is 3.02. The molecule has 1 fully saturated rings. The largest absolute Gasteiger partial charge is 0.492 e. The summed E-state index contributed by atoms with van der Waals surface area (Å²) in [6.45, 7) is 4.76. The van der Waals surface area contributed by atoms with Gasteiger partial charge in [-0.05, 0) is 37.6 Å². The molecular weight excluding hydrogens is 413 g/mol. The third kappa shape index (κ3) is 4.20. The molecule has 1 unspecified atom stereocenters. The second-order valence-electron chi connectivity index (χ2n) is 8.34. The molecular formula is C24H28FN3O4. The third-order valence-electron chi connectivity index (χ3n) is 6.20. The van der Waals surface area contributed by atoms with Crippen molar-refractivity contribution in [1.82, 2.24) is 9.80 Å².